The van der Waals surface area contributed by atoms with Gasteiger partial charge >= 0.3 is 0 Å². The summed E-state index contributed by atoms with van der Waals surface area (Å²) in [6.45, 7) is 4.81. The molecule has 2 aliphatic carbocycles. The molecule has 5 unspecified atom stereocenters. The van der Waals surface area contributed by atoms with Crippen LogP contribution in [-0.4, -0.2) is 23.8 Å². The van der Waals surface area contributed by atoms with Crippen molar-refractivity contribution < 1.29 is 5.11 Å². The molecular formula is C12H21NO. The van der Waals surface area contributed by atoms with E-state index in [1.54, 1.807) is 0 Å². The summed E-state index contributed by atoms with van der Waals surface area (Å²) < 4.78 is 0. The molecule has 0 radical (unpaired) electrons. The van der Waals surface area contributed by atoms with Gasteiger partial charge in [-0.2, -0.15) is 0 Å². The molecule has 5 atom stereocenters. The Morgan fingerprint density at radius 2 is 2.14 bits per heavy atom. The summed E-state index contributed by atoms with van der Waals surface area (Å²) in [5.74, 6) is 2.45. The van der Waals surface area contributed by atoms with E-state index in [1.165, 1.54) is 12.8 Å². The fourth-order valence-electron chi connectivity index (χ4n) is 2.91. The molecule has 0 aromatic heterocycles. The van der Waals surface area contributed by atoms with Gasteiger partial charge in [-0.05, 0) is 44.4 Å². The lowest BCUT2D eigenvalue weighted by Gasteiger charge is -2.26. The molecule has 0 aliphatic heterocycles. The zero-order valence-electron chi connectivity index (χ0n) is 9.11. The second-order valence-corrected chi connectivity index (χ2v) is 4.99. The van der Waals surface area contributed by atoms with Crippen molar-refractivity contribution in [1.29, 1.82) is 0 Å². The average molecular weight is 195 g/mol. The van der Waals surface area contributed by atoms with E-state index in [4.69, 9.17) is 0 Å². The normalized spacial score (nSPS) is 38.9. The van der Waals surface area contributed by atoms with Crippen LogP contribution in [0.3, 0.4) is 0 Å². The number of rotatable bonds is 4. The molecule has 2 bridgehead atoms. The van der Waals surface area contributed by atoms with E-state index < -0.39 is 0 Å². The first-order valence-corrected chi connectivity index (χ1v) is 5.76. The fraction of sp³-hybridized carbons (Fsp3) is 0.833. The lowest BCUT2D eigenvalue weighted by Crippen LogP contribution is -2.39. The molecule has 1 fully saturated rings. The minimum atomic E-state index is -0.230. The Kier molecular flexibility index (Phi) is 2.93. The van der Waals surface area contributed by atoms with Crippen molar-refractivity contribution in [1.82, 2.24) is 5.32 Å². The van der Waals surface area contributed by atoms with E-state index in [9.17, 15) is 5.11 Å². The van der Waals surface area contributed by atoms with Crippen LogP contribution < -0.4 is 5.32 Å². The summed E-state index contributed by atoms with van der Waals surface area (Å²) in [6, 6.07) is 0.546. The zero-order chi connectivity index (χ0) is 10.1. The Morgan fingerprint density at radius 3 is 2.64 bits per heavy atom. The van der Waals surface area contributed by atoms with Gasteiger partial charge in [0.05, 0.1) is 6.10 Å². The minimum Gasteiger partial charge on any atom is -0.392 e. The highest BCUT2D eigenvalue weighted by molar-refractivity contribution is 5.11. The van der Waals surface area contributed by atoms with Crippen molar-refractivity contribution in [3.05, 3.63) is 12.2 Å². The molecule has 0 amide bonds. The zero-order valence-corrected chi connectivity index (χ0v) is 9.11. The molecule has 2 heteroatoms. The molecule has 2 aliphatic rings. The maximum Gasteiger partial charge on any atom is 0.0636 e. The molecule has 2 rings (SSSR count). The van der Waals surface area contributed by atoms with Gasteiger partial charge in [0.2, 0.25) is 0 Å². The van der Waals surface area contributed by atoms with Crippen molar-refractivity contribution in [2.45, 2.75) is 38.8 Å². The van der Waals surface area contributed by atoms with Crippen LogP contribution in [0.2, 0.25) is 0 Å². The number of allylic oxidation sites excluding steroid dienone is 2. The largest absolute Gasteiger partial charge is 0.392 e. The lowest BCUT2D eigenvalue weighted by molar-refractivity contribution is 0.178. The number of nitrogens with one attached hydrogen (secondary N) is 1. The Labute approximate surface area is 86.4 Å². The van der Waals surface area contributed by atoms with Crippen molar-refractivity contribution in [3.63, 3.8) is 0 Å². The van der Waals surface area contributed by atoms with Crippen molar-refractivity contribution in [2.24, 2.45) is 17.8 Å². The molecule has 14 heavy (non-hydrogen) atoms. The van der Waals surface area contributed by atoms with E-state index in [-0.39, 0.29) is 6.10 Å². The predicted octanol–water partition coefficient (Wildman–Crippen LogP) is 1.56. The topological polar surface area (TPSA) is 32.3 Å². The van der Waals surface area contributed by atoms with Gasteiger partial charge in [-0.25, -0.2) is 0 Å². The van der Waals surface area contributed by atoms with Crippen molar-refractivity contribution in [2.75, 3.05) is 6.54 Å². The smallest absolute Gasteiger partial charge is 0.0636 e. The molecule has 0 spiro atoms. The molecule has 2 nitrogen and oxygen atoms in total. The third-order valence-corrected chi connectivity index (χ3v) is 3.71. The first-order chi connectivity index (χ1) is 6.66. The van der Waals surface area contributed by atoms with E-state index in [1.807, 2.05) is 6.92 Å². The van der Waals surface area contributed by atoms with Gasteiger partial charge in [-0.15, -0.1) is 0 Å². The second-order valence-electron chi connectivity index (χ2n) is 4.99. The first kappa shape index (κ1) is 10.2. The van der Waals surface area contributed by atoms with Crippen molar-refractivity contribution in [3.8, 4) is 0 Å². The Morgan fingerprint density at radius 1 is 1.36 bits per heavy atom. The van der Waals surface area contributed by atoms with Gasteiger partial charge < -0.3 is 10.4 Å². The summed E-state index contributed by atoms with van der Waals surface area (Å²) in [4.78, 5) is 0. The van der Waals surface area contributed by atoms with Gasteiger partial charge in [0.15, 0.2) is 0 Å². The van der Waals surface area contributed by atoms with Crippen LogP contribution in [0.4, 0.5) is 0 Å². The third kappa shape index (κ3) is 2.01. The Bertz CT molecular complexity index is 224. The minimum absolute atomic E-state index is 0.230. The highest BCUT2D eigenvalue weighted by Gasteiger charge is 2.38. The van der Waals surface area contributed by atoms with Gasteiger partial charge in [0, 0.05) is 12.6 Å². The predicted molar refractivity (Wildman–Crippen MR) is 58.0 cm³/mol. The molecule has 0 aromatic carbocycles. The fourth-order valence-corrected chi connectivity index (χ4v) is 2.91. The maximum atomic E-state index is 9.20. The summed E-state index contributed by atoms with van der Waals surface area (Å²) in [6.07, 6.45) is 7.24. The van der Waals surface area contributed by atoms with Crippen LogP contribution in [0.25, 0.3) is 0 Å². The molecule has 2 N–H and O–H groups in total. The number of hydrogen-bond acceptors (Lipinski definition) is 2. The van der Waals surface area contributed by atoms with E-state index in [0.29, 0.717) is 6.04 Å². The van der Waals surface area contributed by atoms with Gasteiger partial charge in [0.1, 0.15) is 0 Å². The summed E-state index contributed by atoms with van der Waals surface area (Å²) in [7, 11) is 0. The molecule has 80 valence electrons. The van der Waals surface area contributed by atoms with Crippen LogP contribution in [-0.2, 0) is 0 Å². The van der Waals surface area contributed by atoms with Gasteiger partial charge in [-0.1, -0.05) is 12.2 Å². The van der Waals surface area contributed by atoms with Gasteiger partial charge in [-0.3, -0.25) is 0 Å². The number of fused-ring (bicyclic) bond motifs is 2. The number of hydrogen-bond donors (Lipinski definition) is 2. The van der Waals surface area contributed by atoms with E-state index >= 15 is 0 Å². The quantitative estimate of drug-likeness (QED) is 0.667. The van der Waals surface area contributed by atoms with Crippen molar-refractivity contribution >= 4 is 0 Å². The molecule has 1 saturated carbocycles. The SMILES string of the molecule is CC(O)CNC(C)C1CC2C=CC1C2. The van der Waals surface area contributed by atoms with Crippen LogP contribution in [0.1, 0.15) is 26.7 Å². The highest BCUT2D eigenvalue weighted by Crippen LogP contribution is 2.44. The van der Waals surface area contributed by atoms with Crippen LogP contribution in [0.15, 0.2) is 12.2 Å². The summed E-state index contributed by atoms with van der Waals surface area (Å²) in [5, 5.41) is 12.6. The maximum absolute atomic E-state index is 9.20. The molecule has 0 heterocycles. The monoisotopic (exact) mass is 195 g/mol. The molecular weight excluding hydrogens is 174 g/mol. The average Bonchev–Trinajstić information content (AvgIpc) is 2.74. The van der Waals surface area contributed by atoms with Gasteiger partial charge in [0.25, 0.3) is 0 Å². The first-order valence-electron chi connectivity index (χ1n) is 5.76. The number of aliphatic hydroxyl groups is 1. The molecule has 0 aromatic rings. The standard InChI is InChI=1S/C12H21NO/c1-8(14)7-13-9(2)12-6-10-3-4-11(12)5-10/h3-4,8-14H,5-7H2,1-2H3. The highest BCUT2D eigenvalue weighted by atomic mass is 16.3. The van der Waals surface area contributed by atoms with E-state index in [2.05, 4.69) is 24.4 Å². The van der Waals surface area contributed by atoms with Crippen LogP contribution in [0.5, 0.6) is 0 Å². The Hall–Kier alpha value is -0.340. The third-order valence-electron chi connectivity index (χ3n) is 3.71. The van der Waals surface area contributed by atoms with Crippen LogP contribution >= 0.6 is 0 Å². The Balaban J connectivity index is 1.81. The summed E-state index contributed by atoms with van der Waals surface area (Å²) >= 11 is 0. The number of aliphatic hydroxyl groups excluding tert-OH is 1. The van der Waals surface area contributed by atoms with Crippen LogP contribution in [0, 0.1) is 17.8 Å². The lowest BCUT2D eigenvalue weighted by atomic mass is 9.87. The second kappa shape index (κ2) is 4.03. The summed E-state index contributed by atoms with van der Waals surface area (Å²) in [5.41, 5.74) is 0. The van der Waals surface area contributed by atoms with E-state index in [0.717, 1.165) is 24.3 Å². The molecule has 0 saturated heterocycles.